The van der Waals surface area contributed by atoms with Gasteiger partial charge in [0.15, 0.2) is 6.61 Å². The molecule has 0 spiro atoms. The lowest BCUT2D eigenvalue weighted by molar-refractivity contribution is 0.0765. The van der Waals surface area contributed by atoms with E-state index >= 15 is 0 Å². The smallest absolute Gasteiger partial charge is 0.272 e. The molecular formula is C17H17ClF2N4O2S. The number of benzene rings is 1. The van der Waals surface area contributed by atoms with Gasteiger partial charge in [-0.15, -0.1) is 5.10 Å². The predicted octanol–water partition coefficient (Wildman–Crippen LogP) is 3.68. The standard InChI is InChI=1S/C17H17ClF2N4O2S/c1-21-23-17(26-11-15(19)20)13-5-3-12(4-6-13)10-24(27(2)25)16-8-7-14(18)9-22-16/h3-9,15H,1,10-11H2,2H3/b23-17-. The van der Waals surface area contributed by atoms with Gasteiger partial charge < -0.3 is 4.74 Å². The van der Waals surface area contributed by atoms with Crippen LogP contribution in [-0.4, -0.2) is 41.1 Å². The van der Waals surface area contributed by atoms with Gasteiger partial charge in [0.05, 0.1) is 11.6 Å². The number of halogens is 3. The van der Waals surface area contributed by atoms with Gasteiger partial charge in [0.1, 0.15) is 16.8 Å². The molecule has 27 heavy (non-hydrogen) atoms. The van der Waals surface area contributed by atoms with Crippen LogP contribution in [0.3, 0.4) is 0 Å². The molecule has 1 atom stereocenters. The number of nitrogens with zero attached hydrogens (tertiary/aromatic N) is 4. The lowest BCUT2D eigenvalue weighted by Gasteiger charge is -2.20. The van der Waals surface area contributed by atoms with E-state index in [1.54, 1.807) is 47.0 Å². The minimum Gasteiger partial charge on any atom is -0.470 e. The lowest BCUT2D eigenvalue weighted by atomic mass is 10.1. The van der Waals surface area contributed by atoms with Crippen LogP contribution < -0.4 is 4.31 Å². The van der Waals surface area contributed by atoms with E-state index in [2.05, 4.69) is 21.9 Å². The third kappa shape index (κ3) is 6.37. The van der Waals surface area contributed by atoms with Gasteiger partial charge in [-0.1, -0.05) is 23.7 Å². The molecule has 144 valence electrons. The SMILES string of the molecule is C=N/N=C(\OCC(F)F)c1ccc(CN(c2ccc(Cl)cn2)S(C)=O)cc1. The highest BCUT2D eigenvalue weighted by Crippen LogP contribution is 2.19. The molecule has 0 amide bonds. The minimum atomic E-state index is -2.63. The van der Waals surface area contributed by atoms with E-state index < -0.39 is 24.0 Å². The third-order valence-electron chi connectivity index (χ3n) is 3.31. The van der Waals surface area contributed by atoms with E-state index in [0.29, 0.717) is 22.9 Å². The molecule has 6 nitrogen and oxygen atoms in total. The van der Waals surface area contributed by atoms with Crippen molar-refractivity contribution in [2.75, 3.05) is 17.2 Å². The number of rotatable bonds is 8. The van der Waals surface area contributed by atoms with Crippen LogP contribution in [0.4, 0.5) is 14.6 Å². The van der Waals surface area contributed by atoms with Crippen molar-refractivity contribution in [1.29, 1.82) is 0 Å². The number of alkyl halides is 2. The number of anilines is 1. The van der Waals surface area contributed by atoms with Gasteiger partial charge in [-0.3, -0.25) is 4.31 Å². The molecule has 0 N–H and O–H groups in total. The van der Waals surface area contributed by atoms with E-state index in [-0.39, 0.29) is 5.90 Å². The molecule has 0 fully saturated rings. The third-order valence-corrected chi connectivity index (χ3v) is 4.47. The second kappa shape index (κ2) is 10.1. The fraction of sp³-hybridized carbons (Fsp3) is 0.235. The molecule has 0 aliphatic carbocycles. The Hall–Kier alpha value is -2.39. The topological polar surface area (TPSA) is 67.2 Å². The van der Waals surface area contributed by atoms with Crippen LogP contribution in [0.1, 0.15) is 11.1 Å². The monoisotopic (exact) mass is 414 g/mol. The van der Waals surface area contributed by atoms with Gasteiger partial charge in [0, 0.05) is 24.7 Å². The highest BCUT2D eigenvalue weighted by molar-refractivity contribution is 7.85. The zero-order valence-corrected chi connectivity index (χ0v) is 16.0. The second-order valence-corrected chi connectivity index (χ2v) is 6.97. The van der Waals surface area contributed by atoms with Crippen LogP contribution in [0, 0.1) is 0 Å². The van der Waals surface area contributed by atoms with E-state index in [9.17, 15) is 13.0 Å². The first-order valence-corrected chi connectivity index (χ1v) is 9.56. The highest BCUT2D eigenvalue weighted by atomic mass is 35.5. The summed E-state index contributed by atoms with van der Waals surface area (Å²) in [4.78, 5) is 4.18. The fourth-order valence-electron chi connectivity index (χ4n) is 2.11. The summed E-state index contributed by atoms with van der Waals surface area (Å²) in [6, 6.07) is 10.1. The van der Waals surface area contributed by atoms with Crippen LogP contribution in [0.15, 0.2) is 52.8 Å². The molecule has 1 aromatic heterocycles. The molecule has 0 aliphatic rings. The Morgan fingerprint density at radius 3 is 2.56 bits per heavy atom. The number of pyridine rings is 1. The molecule has 1 heterocycles. The predicted molar refractivity (Wildman–Crippen MR) is 104 cm³/mol. The maximum absolute atomic E-state index is 12.3. The Balaban J connectivity index is 2.17. The van der Waals surface area contributed by atoms with E-state index in [4.69, 9.17) is 16.3 Å². The van der Waals surface area contributed by atoms with Crippen molar-refractivity contribution in [2.24, 2.45) is 10.2 Å². The van der Waals surface area contributed by atoms with Gasteiger partial charge in [0.2, 0.25) is 5.90 Å². The van der Waals surface area contributed by atoms with Crippen molar-refractivity contribution in [2.45, 2.75) is 13.0 Å². The summed E-state index contributed by atoms with van der Waals surface area (Å²) in [5.41, 5.74) is 1.30. The lowest BCUT2D eigenvalue weighted by Crippen LogP contribution is -2.25. The van der Waals surface area contributed by atoms with Gasteiger partial charge >= 0.3 is 0 Å². The Morgan fingerprint density at radius 1 is 1.33 bits per heavy atom. The van der Waals surface area contributed by atoms with Crippen molar-refractivity contribution in [3.05, 3.63) is 58.7 Å². The summed E-state index contributed by atoms with van der Waals surface area (Å²) in [5.74, 6) is 0.467. The minimum absolute atomic E-state index is 0.0489. The van der Waals surface area contributed by atoms with Crippen LogP contribution in [0.5, 0.6) is 0 Å². The largest absolute Gasteiger partial charge is 0.470 e. The molecule has 0 bridgehead atoms. The second-order valence-electron chi connectivity index (χ2n) is 5.24. The first-order valence-electron chi connectivity index (χ1n) is 7.67. The quantitative estimate of drug-likeness (QED) is 0.376. The maximum atomic E-state index is 12.3. The van der Waals surface area contributed by atoms with E-state index in [0.717, 1.165) is 5.56 Å². The number of hydrogen-bond donors (Lipinski definition) is 0. The summed E-state index contributed by atoms with van der Waals surface area (Å²) < 4.78 is 43.3. The Bertz CT molecular complexity index is 817. The van der Waals surface area contributed by atoms with E-state index in [1.165, 1.54) is 6.20 Å². The maximum Gasteiger partial charge on any atom is 0.272 e. The average molecular weight is 415 g/mol. The van der Waals surface area contributed by atoms with Gasteiger partial charge in [-0.25, -0.2) is 18.0 Å². The first-order chi connectivity index (χ1) is 12.9. The van der Waals surface area contributed by atoms with E-state index in [1.807, 2.05) is 0 Å². The molecule has 2 rings (SSSR count). The first kappa shape index (κ1) is 20.9. The van der Waals surface area contributed by atoms with Gasteiger partial charge in [-0.2, -0.15) is 5.10 Å². The summed E-state index contributed by atoms with van der Waals surface area (Å²) in [7, 11) is -1.31. The molecule has 1 unspecified atom stereocenters. The van der Waals surface area contributed by atoms with Gasteiger partial charge in [0.25, 0.3) is 6.43 Å². The number of aromatic nitrogens is 1. The van der Waals surface area contributed by atoms with Crippen molar-refractivity contribution in [1.82, 2.24) is 4.98 Å². The Labute approximate surface area is 163 Å². The molecule has 0 saturated heterocycles. The highest BCUT2D eigenvalue weighted by Gasteiger charge is 2.14. The molecule has 2 aromatic rings. The fourth-order valence-corrected chi connectivity index (χ4v) is 2.93. The van der Waals surface area contributed by atoms with Crippen LogP contribution >= 0.6 is 11.6 Å². The van der Waals surface area contributed by atoms with Crippen molar-refractivity contribution in [3.8, 4) is 0 Å². The Kier molecular flexibility index (Phi) is 7.81. The summed E-state index contributed by atoms with van der Waals surface area (Å²) in [6.45, 7) is 2.74. The zero-order valence-electron chi connectivity index (χ0n) is 14.4. The molecular weight excluding hydrogens is 398 g/mol. The van der Waals surface area contributed by atoms with Crippen molar-refractivity contribution in [3.63, 3.8) is 0 Å². The summed E-state index contributed by atoms with van der Waals surface area (Å²) in [6.07, 6.45) is 0.397. The van der Waals surface area contributed by atoms with Crippen LogP contribution in [0.25, 0.3) is 0 Å². The average Bonchev–Trinajstić information content (AvgIpc) is 2.64. The number of ether oxygens (including phenoxy) is 1. The van der Waals surface area contributed by atoms with Crippen LogP contribution in [0.2, 0.25) is 5.02 Å². The molecule has 0 aliphatic heterocycles. The molecule has 10 heteroatoms. The Morgan fingerprint density at radius 2 is 2.04 bits per heavy atom. The van der Waals surface area contributed by atoms with Crippen molar-refractivity contribution >= 4 is 41.0 Å². The summed E-state index contributed by atoms with van der Waals surface area (Å²) >= 11 is 5.84. The van der Waals surface area contributed by atoms with Gasteiger partial charge in [-0.05, 0) is 29.8 Å². The molecule has 0 radical (unpaired) electrons. The van der Waals surface area contributed by atoms with Crippen LogP contribution in [-0.2, 0) is 22.3 Å². The normalized spacial score (nSPS) is 12.7. The summed E-state index contributed by atoms with van der Waals surface area (Å²) in [5, 5.41) is 7.45. The van der Waals surface area contributed by atoms with Crippen molar-refractivity contribution < 1.29 is 17.7 Å². The number of hydrogen-bond acceptors (Lipinski definition) is 5. The zero-order chi connectivity index (χ0) is 19.8. The molecule has 1 aromatic carbocycles. The molecule has 0 saturated carbocycles.